The molecule has 226 valence electrons. The molecule has 2 amide bonds. The second kappa shape index (κ2) is 13.1. The Morgan fingerprint density at radius 1 is 1.00 bits per heavy atom. The normalized spacial score (nSPS) is 18.2. The van der Waals surface area contributed by atoms with Crippen LogP contribution in [0.15, 0.2) is 78.9 Å². The molecule has 2 fully saturated rings. The Balaban J connectivity index is 1.45. The lowest BCUT2D eigenvalue weighted by Gasteiger charge is -2.47. The standard InChI is InChI=1S/C33H39FN6O2S/c1-37(2)27-15-13-26(14-16-27)35-31(42)33(17-19-38(3)20-18-33)40(21-25-11-7-8-12-28(25)34)30(41)23-39-22-29(36-32(39)43)24-9-5-4-6-10-24/h4-16,29H,17-23H2,1-3H3,(H,35,42)(H,36,43)/t29-/m0/s1. The molecule has 0 saturated carbocycles. The van der Waals surface area contributed by atoms with Crippen LogP contribution in [0.1, 0.15) is 30.0 Å². The van der Waals surface area contributed by atoms with Gasteiger partial charge in [0.05, 0.1) is 12.6 Å². The molecule has 0 aliphatic carbocycles. The van der Waals surface area contributed by atoms with Crippen LogP contribution in [0.2, 0.25) is 0 Å². The van der Waals surface area contributed by atoms with Gasteiger partial charge in [-0.2, -0.15) is 0 Å². The molecule has 2 aliphatic rings. The molecule has 2 aliphatic heterocycles. The number of rotatable bonds is 9. The van der Waals surface area contributed by atoms with Crippen molar-refractivity contribution in [3.63, 3.8) is 0 Å². The van der Waals surface area contributed by atoms with Gasteiger partial charge in [-0.05, 0) is 68.0 Å². The van der Waals surface area contributed by atoms with Crippen LogP contribution in [0.3, 0.4) is 0 Å². The number of halogens is 1. The van der Waals surface area contributed by atoms with Crippen LogP contribution in [0, 0.1) is 5.82 Å². The Bertz CT molecular complexity index is 1440. The number of amides is 2. The average Bonchev–Trinajstić information content (AvgIpc) is 3.37. The van der Waals surface area contributed by atoms with E-state index < -0.39 is 11.4 Å². The van der Waals surface area contributed by atoms with E-state index in [-0.39, 0.29) is 30.9 Å². The van der Waals surface area contributed by atoms with Crippen molar-refractivity contribution in [3.05, 3.63) is 95.8 Å². The summed E-state index contributed by atoms with van der Waals surface area (Å²) >= 11 is 5.63. The third-order valence-electron chi connectivity index (χ3n) is 8.50. The maximum absolute atomic E-state index is 15.0. The van der Waals surface area contributed by atoms with Gasteiger partial charge < -0.3 is 30.2 Å². The predicted octanol–water partition coefficient (Wildman–Crippen LogP) is 4.25. The molecule has 5 rings (SSSR count). The highest BCUT2D eigenvalue weighted by molar-refractivity contribution is 7.80. The van der Waals surface area contributed by atoms with Crippen molar-refractivity contribution in [2.75, 3.05) is 57.5 Å². The van der Waals surface area contributed by atoms with Gasteiger partial charge in [-0.15, -0.1) is 0 Å². The van der Waals surface area contributed by atoms with E-state index in [1.165, 1.54) is 6.07 Å². The zero-order valence-electron chi connectivity index (χ0n) is 24.9. The zero-order valence-corrected chi connectivity index (χ0v) is 25.7. The monoisotopic (exact) mass is 602 g/mol. The van der Waals surface area contributed by atoms with Crippen molar-refractivity contribution < 1.29 is 14.0 Å². The number of hydrogen-bond donors (Lipinski definition) is 2. The maximum atomic E-state index is 15.0. The lowest BCUT2D eigenvalue weighted by atomic mass is 9.83. The van der Waals surface area contributed by atoms with Gasteiger partial charge in [-0.1, -0.05) is 48.5 Å². The molecule has 0 unspecified atom stereocenters. The Morgan fingerprint density at radius 2 is 1.65 bits per heavy atom. The third-order valence-corrected chi connectivity index (χ3v) is 8.87. The molecule has 1 atom stereocenters. The Kier molecular flexibility index (Phi) is 9.27. The van der Waals surface area contributed by atoms with E-state index in [1.54, 1.807) is 23.1 Å². The molecule has 8 nitrogen and oxygen atoms in total. The number of hydrogen-bond acceptors (Lipinski definition) is 5. The fourth-order valence-corrected chi connectivity index (χ4v) is 6.10. The Morgan fingerprint density at radius 3 is 2.30 bits per heavy atom. The van der Waals surface area contributed by atoms with E-state index in [1.807, 2.05) is 85.5 Å². The van der Waals surface area contributed by atoms with E-state index in [4.69, 9.17) is 12.2 Å². The molecule has 0 bridgehead atoms. The van der Waals surface area contributed by atoms with Crippen molar-refractivity contribution in [3.8, 4) is 0 Å². The molecule has 0 radical (unpaired) electrons. The SMILES string of the molecule is CN1CCC(C(=O)Nc2ccc(N(C)C)cc2)(N(Cc2ccccc2F)C(=O)CN2C[C@@H](c3ccccc3)NC2=S)CC1. The van der Waals surface area contributed by atoms with Crippen LogP contribution in [0.25, 0.3) is 0 Å². The van der Waals surface area contributed by atoms with Gasteiger partial charge in [0.2, 0.25) is 11.8 Å². The summed E-state index contributed by atoms with van der Waals surface area (Å²) in [6, 6.07) is 23.9. The molecule has 0 spiro atoms. The number of carbonyl (C=O) groups excluding carboxylic acids is 2. The number of likely N-dealkylation sites (tertiary alicyclic amines) is 1. The van der Waals surface area contributed by atoms with Gasteiger partial charge in [0, 0.05) is 57.2 Å². The molecule has 3 aromatic carbocycles. The number of thiocarbonyl (C=S) groups is 1. The molecule has 0 aromatic heterocycles. The minimum Gasteiger partial charge on any atom is -0.378 e. The number of anilines is 2. The fraction of sp³-hybridized carbons (Fsp3) is 0.364. The first kappa shape index (κ1) is 30.4. The van der Waals surface area contributed by atoms with E-state index in [0.29, 0.717) is 48.8 Å². The first-order valence-corrected chi connectivity index (χ1v) is 15.0. The van der Waals surface area contributed by atoms with Crippen LogP contribution >= 0.6 is 12.2 Å². The number of carbonyl (C=O) groups is 2. The van der Waals surface area contributed by atoms with Crippen molar-refractivity contribution >= 4 is 40.5 Å². The number of nitrogens with one attached hydrogen (secondary N) is 2. The van der Waals surface area contributed by atoms with Gasteiger partial charge in [-0.25, -0.2) is 4.39 Å². The highest BCUT2D eigenvalue weighted by atomic mass is 32.1. The molecular formula is C33H39FN6O2S. The number of piperidine rings is 1. The van der Waals surface area contributed by atoms with Gasteiger partial charge in [0.15, 0.2) is 5.11 Å². The average molecular weight is 603 g/mol. The van der Waals surface area contributed by atoms with Crippen LogP contribution in [0.5, 0.6) is 0 Å². The number of nitrogens with zero attached hydrogens (tertiary/aromatic N) is 4. The first-order chi connectivity index (χ1) is 20.7. The minimum absolute atomic E-state index is 0.0218. The third kappa shape index (κ3) is 6.81. The van der Waals surface area contributed by atoms with E-state index in [9.17, 15) is 9.59 Å². The molecule has 43 heavy (non-hydrogen) atoms. The molecule has 10 heteroatoms. The Hall–Kier alpha value is -4.02. The zero-order chi connectivity index (χ0) is 30.6. The van der Waals surface area contributed by atoms with Crippen molar-refractivity contribution in [2.24, 2.45) is 0 Å². The van der Waals surface area contributed by atoms with Crippen molar-refractivity contribution in [1.29, 1.82) is 0 Å². The lowest BCUT2D eigenvalue weighted by molar-refractivity contribution is -0.150. The topological polar surface area (TPSA) is 71.2 Å². The summed E-state index contributed by atoms with van der Waals surface area (Å²) < 4.78 is 15.0. The second-order valence-corrected chi connectivity index (χ2v) is 12.0. The highest BCUT2D eigenvalue weighted by Crippen LogP contribution is 2.33. The first-order valence-electron chi connectivity index (χ1n) is 14.6. The van der Waals surface area contributed by atoms with E-state index in [0.717, 1.165) is 11.3 Å². The van der Waals surface area contributed by atoms with E-state index in [2.05, 4.69) is 15.5 Å². The fourth-order valence-electron chi connectivity index (χ4n) is 5.82. The summed E-state index contributed by atoms with van der Waals surface area (Å²) in [5, 5.41) is 6.89. The van der Waals surface area contributed by atoms with Gasteiger partial charge in [-0.3, -0.25) is 9.59 Å². The summed E-state index contributed by atoms with van der Waals surface area (Å²) in [5.41, 5.74) is 1.91. The summed E-state index contributed by atoms with van der Waals surface area (Å²) in [5.74, 6) is -0.957. The van der Waals surface area contributed by atoms with Crippen LogP contribution < -0.4 is 15.5 Å². The van der Waals surface area contributed by atoms with Crippen LogP contribution in [-0.2, 0) is 16.1 Å². The largest absolute Gasteiger partial charge is 0.378 e. The summed E-state index contributed by atoms with van der Waals surface area (Å²) in [4.78, 5) is 36.2. The van der Waals surface area contributed by atoms with Gasteiger partial charge >= 0.3 is 0 Å². The summed E-state index contributed by atoms with van der Waals surface area (Å²) in [6.07, 6.45) is 0.835. The molecule has 2 saturated heterocycles. The summed E-state index contributed by atoms with van der Waals surface area (Å²) in [6.45, 7) is 1.70. The van der Waals surface area contributed by atoms with Gasteiger partial charge in [0.25, 0.3) is 0 Å². The van der Waals surface area contributed by atoms with Crippen molar-refractivity contribution in [1.82, 2.24) is 20.0 Å². The maximum Gasteiger partial charge on any atom is 0.250 e. The molecule has 2 heterocycles. The quantitative estimate of drug-likeness (QED) is 0.355. The van der Waals surface area contributed by atoms with Crippen LogP contribution in [-0.4, -0.2) is 84.5 Å². The molecule has 3 aromatic rings. The van der Waals surface area contributed by atoms with Gasteiger partial charge in [0.1, 0.15) is 11.4 Å². The molecule has 2 N–H and O–H groups in total. The summed E-state index contributed by atoms with van der Waals surface area (Å²) in [7, 11) is 5.91. The number of benzene rings is 3. The lowest BCUT2D eigenvalue weighted by Crippen LogP contribution is -2.64. The Labute approximate surface area is 258 Å². The second-order valence-electron chi connectivity index (χ2n) is 11.6. The predicted molar refractivity (Wildman–Crippen MR) is 172 cm³/mol. The highest BCUT2D eigenvalue weighted by Gasteiger charge is 2.48. The smallest absolute Gasteiger partial charge is 0.250 e. The molecular weight excluding hydrogens is 563 g/mol. The van der Waals surface area contributed by atoms with E-state index >= 15 is 4.39 Å². The van der Waals surface area contributed by atoms with Crippen molar-refractivity contribution in [2.45, 2.75) is 31.0 Å². The minimum atomic E-state index is -1.18. The van der Waals surface area contributed by atoms with Crippen LogP contribution in [0.4, 0.5) is 15.8 Å².